The summed E-state index contributed by atoms with van der Waals surface area (Å²) >= 11 is 0. The molecule has 0 bridgehead atoms. The van der Waals surface area contributed by atoms with Crippen LogP contribution >= 0.6 is 0 Å². The summed E-state index contributed by atoms with van der Waals surface area (Å²) in [4.78, 5) is 30.5. The topological polar surface area (TPSA) is 49.7 Å². The highest BCUT2D eigenvalue weighted by atomic mass is 19.4. The average Bonchev–Trinajstić information content (AvgIpc) is 2.80. The SMILES string of the molecule is CC(=O)CN1C(=O)C(c2ccc(C(F)(F)F)cc2)=NC12CCCCC2. The number of alkyl halides is 3. The highest BCUT2D eigenvalue weighted by Gasteiger charge is 2.47. The molecule has 134 valence electrons. The minimum absolute atomic E-state index is 0.0214. The quantitative estimate of drug-likeness (QED) is 0.835. The number of halogens is 3. The van der Waals surface area contributed by atoms with Gasteiger partial charge in [-0.1, -0.05) is 18.6 Å². The van der Waals surface area contributed by atoms with Crippen molar-refractivity contribution in [3.63, 3.8) is 0 Å². The first-order valence-electron chi connectivity index (χ1n) is 8.32. The number of benzene rings is 1. The number of hydrogen-bond donors (Lipinski definition) is 0. The fourth-order valence-corrected chi connectivity index (χ4v) is 3.58. The van der Waals surface area contributed by atoms with E-state index in [9.17, 15) is 22.8 Å². The van der Waals surface area contributed by atoms with E-state index < -0.39 is 17.4 Å². The van der Waals surface area contributed by atoms with Crippen LogP contribution < -0.4 is 0 Å². The molecule has 1 aromatic carbocycles. The molecule has 0 aromatic heterocycles. The zero-order chi connectivity index (χ0) is 18.2. The molecule has 0 atom stereocenters. The summed E-state index contributed by atoms with van der Waals surface area (Å²) in [6.07, 6.45) is -0.205. The molecule has 7 heteroatoms. The summed E-state index contributed by atoms with van der Waals surface area (Å²) in [6.45, 7) is 1.40. The summed E-state index contributed by atoms with van der Waals surface area (Å²) < 4.78 is 38.2. The van der Waals surface area contributed by atoms with E-state index in [1.807, 2.05) is 0 Å². The first-order chi connectivity index (χ1) is 11.7. The van der Waals surface area contributed by atoms with Crippen LogP contribution in [0.1, 0.15) is 50.2 Å². The van der Waals surface area contributed by atoms with Gasteiger partial charge in [-0.05, 0) is 44.7 Å². The molecule has 1 spiro atoms. The van der Waals surface area contributed by atoms with Crippen LogP contribution in [0.15, 0.2) is 29.3 Å². The van der Waals surface area contributed by atoms with Crippen molar-refractivity contribution in [3.05, 3.63) is 35.4 Å². The van der Waals surface area contributed by atoms with Crippen molar-refractivity contribution < 1.29 is 22.8 Å². The Bertz CT molecular complexity index is 717. The smallest absolute Gasteiger partial charge is 0.305 e. The fraction of sp³-hybridized carbons (Fsp3) is 0.500. The first kappa shape index (κ1) is 17.6. The lowest BCUT2D eigenvalue weighted by Crippen LogP contribution is -2.50. The Labute approximate surface area is 143 Å². The van der Waals surface area contributed by atoms with Gasteiger partial charge in [0.2, 0.25) is 0 Å². The Morgan fingerprint density at radius 2 is 1.76 bits per heavy atom. The van der Waals surface area contributed by atoms with Crippen molar-refractivity contribution in [1.82, 2.24) is 4.90 Å². The van der Waals surface area contributed by atoms with Crippen molar-refractivity contribution >= 4 is 17.4 Å². The van der Waals surface area contributed by atoms with Crippen molar-refractivity contribution in [2.24, 2.45) is 4.99 Å². The molecule has 0 N–H and O–H groups in total. The summed E-state index contributed by atoms with van der Waals surface area (Å²) in [6, 6.07) is 4.44. The predicted molar refractivity (Wildman–Crippen MR) is 86.2 cm³/mol. The number of hydrogen-bond acceptors (Lipinski definition) is 3. The third-order valence-corrected chi connectivity index (χ3v) is 4.79. The second kappa shape index (κ2) is 6.28. The molecule has 25 heavy (non-hydrogen) atoms. The second-order valence-electron chi connectivity index (χ2n) is 6.67. The van der Waals surface area contributed by atoms with Crippen LogP contribution in [-0.4, -0.2) is 34.5 Å². The van der Waals surface area contributed by atoms with Gasteiger partial charge in [-0.3, -0.25) is 14.6 Å². The van der Waals surface area contributed by atoms with E-state index in [0.29, 0.717) is 18.4 Å². The molecule has 3 rings (SSSR count). The number of aliphatic imine (C=N–C) groups is 1. The Morgan fingerprint density at radius 1 is 1.16 bits per heavy atom. The molecule has 0 saturated heterocycles. The minimum Gasteiger partial charge on any atom is -0.305 e. The van der Waals surface area contributed by atoms with Gasteiger partial charge in [0, 0.05) is 5.56 Å². The third-order valence-electron chi connectivity index (χ3n) is 4.79. The van der Waals surface area contributed by atoms with Gasteiger partial charge in [0.1, 0.15) is 17.2 Å². The monoisotopic (exact) mass is 352 g/mol. The predicted octanol–water partition coefficient (Wildman–Crippen LogP) is 3.59. The van der Waals surface area contributed by atoms with Crippen LogP contribution in [0, 0.1) is 0 Å². The third kappa shape index (κ3) is 3.32. The van der Waals surface area contributed by atoms with Crippen LogP contribution in [0.25, 0.3) is 0 Å². The van der Waals surface area contributed by atoms with Crippen LogP contribution in [0.5, 0.6) is 0 Å². The number of nitrogens with zero attached hydrogens (tertiary/aromatic N) is 2. The molecule has 1 amide bonds. The fourth-order valence-electron chi connectivity index (χ4n) is 3.58. The normalized spacial score (nSPS) is 20.1. The number of amides is 1. The summed E-state index contributed by atoms with van der Waals surface area (Å²) in [5.41, 5.74) is -0.986. The Morgan fingerprint density at radius 3 is 2.28 bits per heavy atom. The van der Waals surface area contributed by atoms with Gasteiger partial charge < -0.3 is 4.90 Å². The van der Waals surface area contributed by atoms with Gasteiger partial charge in [-0.15, -0.1) is 0 Å². The Hall–Kier alpha value is -2.18. The van der Waals surface area contributed by atoms with Gasteiger partial charge in [-0.2, -0.15) is 13.2 Å². The maximum atomic E-state index is 12.8. The van der Waals surface area contributed by atoms with Gasteiger partial charge in [0.05, 0.1) is 12.1 Å². The van der Waals surface area contributed by atoms with E-state index in [-0.39, 0.29) is 23.9 Å². The molecule has 1 aliphatic carbocycles. The molecule has 4 nitrogen and oxygen atoms in total. The Balaban J connectivity index is 1.96. The highest BCUT2D eigenvalue weighted by molar-refractivity contribution is 6.47. The molecule has 1 heterocycles. The number of carbonyl (C=O) groups excluding carboxylic acids is 2. The van der Waals surface area contributed by atoms with E-state index in [0.717, 1.165) is 31.4 Å². The highest BCUT2D eigenvalue weighted by Crippen LogP contribution is 2.39. The molecule has 1 saturated carbocycles. The molecule has 0 unspecified atom stereocenters. The number of carbonyl (C=O) groups is 2. The van der Waals surface area contributed by atoms with Gasteiger partial charge in [0.25, 0.3) is 5.91 Å². The Kier molecular flexibility index (Phi) is 4.43. The van der Waals surface area contributed by atoms with Crippen molar-refractivity contribution in [1.29, 1.82) is 0 Å². The van der Waals surface area contributed by atoms with Crippen LogP contribution in [0.2, 0.25) is 0 Å². The lowest BCUT2D eigenvalue weighted by molar-refractivity contribution is -0.137. The molecule has 1 aliphatic heterocycles. The molecule has 1 fully saturated rings. The maximum absolute atomic E-state index is 12.8. The molecule has 0 radical (unpaired) electrons. The van der Waals surface area contributed by atoms with Crippen molar-refractivity contribution in [2.75, 3.05) is 6.54 Å². The summed E-state index contributed by atoms with van der Waals surface area (Å²) in [5.74, 6) is -0.515. The number of ketones is 1. The van der Waals surface area contributed by atoms with E-state index >= 15 is 0 Å². The minimum atomic E-state index is -4.43. The molecular formula is C18H19F3N2O2. The maximum Gasteiger partial charge on any atom is 0.416 e. The molecule has 2 aliphatic rings. The zero-order valence-electron chi connectivity index (χ0n) is 13.9. The van der Waals surface area contributed by atoms with Gasteiger partial charge in [0.15, 0.2) is 0 Å². The number of Topliss-reactive ketones (excluding diaryl/α,β-unsaturated/α-hetero) is 1. The van der Waals surface area contributed by atoms with E-state index in [2.05, 4.69) is 4.99 Å². The van der Waals surface area contributed by atoms with Gasteiger partial charge in [-0.25, -0.2) is 0 Å². The van der Waals surface area contributed by atoms with Crippen molar-refractivity contribution in [3.8, 4) is 0 Å². The van der Waals surface area contributed by atoms with Crippen LogP contribution in [-0.2, 0) is 15.8 Å². The zero-order valence-corrected chi connectivity index (χ0v) is 13.9. The van der Waals surface area contributed by atoms with E-state index in [1.165, 1.54) is 24.0 Å². The van der Waals surface area contributed by atoms with E-state index in [4.69, 9.17) is 0 Å². The van der Waals surface area contributed by atoms with Crippen LogP contribution in [0.4, 0.5) is 13.2 Å². The summed E-state index contributed by atoms with van der Waals surface area (Å²) in [7, 11) is 0. The van der Waals surface area contributed by atoms with E-state index in [1.54, 1.807) is 0 Å². The molecular weight excluding hydrogens is 333 g/mol. The first-order valence-corrected chi connectivity index (χ1v) is 8.32. The lowest BCUT2D eigenvalue weighted by atomic mass is 9.88. The second-order valence-corrected chi connectivity index (χ2v) is 6.67. The van der Waals surface area contributed by atoms with Gasteiger partial charge >= 0.3 is 6.18 Å². The van der Waals surface area contributed by atoms with Crippen molar-refractivity contribution in [2.45, 2.75) is 50.9 Å². The lowest BCUT2D eigenvalue weighted by Gasteiger charge is -2.38. The number of rotatable bonds is 3. The summed E-state index contributed by atoms with van der Waals surface area (Å²) in [5, 5.41) is 0. The average molecular weight is 352 g/mol. The standard InChI is InChI=1S/C18H19F3N2O2/c1-12(24)11-23-16(25)15(22-17(23)9-3-2-4-10-17)13-5-7-14(8-6-13)18(19,20)21/h5-8H,2-4,9-11H2,1H3. The largest absolute Gasteiger partial charge is 0.416 e. The van der Waals surface area contributed by atoms with Crippen LogP contribution in [0.3, 0.4) is 0 Å². The molecule has 1 aromatic rings.